The van der Waals surface area contributed by atoms with Crippen LogP contribution >= 0.6 is 11.8 Å². The van der Waals surface area contributed by atoms with Crippen molar-refractivity contribution in [2.24, 2.45) is 0 Å². The Morgan fingerprint density at radius 2 is 2.17 bits per heavy atom. The molecule has 0 radical (unpaired) electrons. The molecule has 1 aromatic heterocycles. The van der Waals surface area contributed by atoms with E-state index < -0.39 is 0 Å². The lowest BCUT2D eigenvalue weighted by atomic mass is 9.98. The summed E-state index contributed by atoms with van der Waals surface area (Å²) in [5.41, 5.74) is 0. The largest absolute Gasteiger partial charge is 0.376 e. The molecule has 0 saturated heterocycles. The van der Waals surface area contributed by atoms with Gasteiger partial charge >= 0.3 is 0 Å². The second kappa shape index (κ2) is 7.59. The average Bonchev–Trinajstić information content (AvgIpc) is 2.45. The van der Waals surface area contributed by atoms with E-state index in [1.54, 1.807) is 18.1 Å². The normalized spacial score (nSPS) is 16.7. The first kappa shape index (κ1) is 13.6. The summed E-state index contributed by atoms with van der Waals surface area (Å²) >= 11 is 1.62. The first-order chi connectivity index (χ1) is 8.88. The molecule has 5 heteroatoms. The van der Waals surface area contributed by atoms with Crippen molar-refractivity contribution in [3.05, 3.63) is 12.4 Å². The van der Waals surface area contributed by atoms with Gasteiger partial charge in [-0.3, -0.25) is 0 Å². The second-order valence-corrected chi connectivity index (χ2v) is 5.33. The molecular weight excluding hydrogens is 246 g/mol. The number of thioether (sulfide) groups is 1. The van der Waals surface area contributed by atoms with Gasteiger partial charge in [0.05, 0.1) is 12.7 Å². The van der Waals surface area contributed by atoms with Gasteiger partial charge in [-0.2, -0.15) is 0 Å². The van der Waals surface area contributed by atoms with E-state index in [1.807, 2.05) is 12.3 Å². The number of anilines is 1. The molecule has 0 spiro atoms. The van der Waals surface area contributed by atoms with E-state index in [2.05, 4.69) is 15.3 Å². The summed E-state index contributed by atoms with van der Waals surface area (Å²) in [7, 11) is 0. The Morgan fingerprint density at radius 3 is 2.94 bits per heavy atom. The Hall–Kier alpha value is -0.810. The third kappa shape index (κ3) is 4.46. The first-order valence-corrected chi connectivity index (χ1v) is 7.82. The maximum absolute atomic E-state index is 5.85. The molecule has 1 fully saturated rings. The van der Waals surface area contributed by atoms with Crippen LogP contribution in [0.3, 0.4) is 0 Å². The van der Waals surface area contributed by atoms with E-state index in [4.69, 9.17) is 4.74 Å². The van der Waals surface area contributed by atoms with Crippen molar-refractivity contribution in [3.8, 4) is 0 Å². The fraction of sp³-hybridized carbons (Fsp3) is 0.692. The highest BCUT2D eigenvalue weighted by Gasteiger charge is 2.12. The van der Waals surface area contributed by atoms with Crippen molar-refractivity contribution >= 4 is 17.6 Å². The lowest BCUT2D eigenvalue weighted by Gasteiger charge is -2.22. The van der Waals surface area contributed by atoms with Crippen LogP contribution in [-0.4, -0.2) is 35.5 Å². The van der Waals surface area contributed by atoms with Crippen molar-refractivity contribution in [1.82, 2.24) is 9.97 Å². The standard InChI is InChI=1S/C13H21N3OS/c1-18-13-9-12(15-10-16-13)14-7-8-17-11-5-3-2-4-6-11/h9-11H,2-8H2,1H3,(H,14,15,16). The lowest BCUT2D eigenvalue weighted by Crippen LogP contribution is -2.20. The van der Waals surface area contributed by atoms with Crippen molar-refractivity contribution in [1.29, 1.82) is 0 Å². The van der Waals surface area contributed by atoms with E-state index in [9.17, 15) is 0 Å². The number of hydrogen-bond acceptors (Lipinski definition) is 5. The Labute approximate surface area is 113 Å². The fourth-order valence-electron chi connectivity index (χ4n) is 2.18. The number of nitrogens with zero attached hydrogens (tertiary/aromatic N) is 2. The van der Waals surface area contributed by atoms with Crippen LogP contribution in [0, 0.1) is 0 Å². The highest BCUT2D eigenvalue weighted by atomic mass is 32.2. The summed E-state index contributed by atoms with van der Waals surface area (Å²) in [5.74, 6) is 0.876. The van der Waals surface area contributed by atoms with Crippen molar-refractivity contribution in [3.63, 3.8) is 0 Å². The van der Waals surface area contributed by atoms with Crippen LogP contribution in [0.25, 0.3) is 0 Å². The van der Waals surface area contributed by atoms with E-state index in [0.29, 0.717) is 6.10 Å². The van der Waals surface area contributed by atoms with E-state index >= 15 is 0 Å². The molecule has 1 N–H and O–H groups in total. The van der Waals surface area contributed by atoms with Crippen molar-refractivity contribution in [2.45, 2.75) is 43.2 Å². The van der Waals surface area contributed by atoms with E-state index in [-0.39, 0.29) is 0 Å². The number of nitrogens with one attached hydrogen (secondary N) is 1. The molecule has 0 aromatic carbocycles. The molecule has 0 bridgehead atoms. The molecule has 1 saturated carbocycles. The molecular formula is C13H21N3OS. The average molecular weight is 267 g/mol. The first-order valence-electron chi connectivity index (χ1n) is 6.60. The maximum atomic E-state index is 5.85. The van der Waals surface area contributed by atoms with Gasteiger partial charge in [0.15, 0.2) is 0 Å². The topological polar surface area (TPSA) is 47.0 Å². The number of rotatable bonds is 6. The van der Waals surface area contributed by atoms with Gasteiger partial charge < -0.3 is 10.1 Å². The number of aromatic nitrogens is 2. The lowest BCUT2D eigenvalue weighted by molar-refractivity contribution is 0.0347. The van der Waals surface area contributed by atoms with Gasteiger partial charge in [-0.1, -0.05) is 19.3 Å². The van der Waals surface area contributed by atoms with Crippen LogP contribution < -0.4 is 5.32 Å². The zero-order valence-corrected chi connectivity index (χ0v) is 11.7. The van der Waals surface area contributed by atoms with Gasteiger partial charge in [-0.05, 0) is 19.1 Å². The van der Waals surface area contributed by atoms with Crippen LogP contribution in [0.2, 0.25) is 0 Å². The van der Waals surface area contributed by atoms with Crippen LogP contribution in [0.1, 0.15) is 32.1 Å². The summed E-state index contributed by atoms with van der Waals surface area (Å²) in [4.78, 5) is 8.32. The summed E-state index contributed by atoms with van der Waals surface area (Å²) in [5, 5.41) is 4.26. The highest BCUT2D eigenvalue weighted by molar-refractivity contribution is 7.98. The Bertz CT molecular complexity index is 356. The van der Waals surface area contributed by atoms with Gasteiger partial charge in [0.1, 0.15) is 17.2 Å². The minimum Gasteiger partial charge on any atom is -0.376 e. The summed E-state index contributed by atoms with van der Waals surface area (Å²) in [6.45, 7) is 1.56. The van der Waals surface area contributed by atoms with Gasteiger partial charge in [-0.15, -0.1) is 11.8 Å². The smallest absolute Gasteiger partial charge is 0.130 e. The van der Waals surface area contributed by atoms with Crippen LogP contribution in [0.5, 0.6) is 0 Å². The summed E-state index contributed by atoms with van der Waals surface area (Å²) < 4.78 is 5.85. The van der Waals surface area contributed by atoms with Crippen molar-refractivity contribution in [2.75, 3.05) is 24.7 Å². The summed E-state index contributed by atoms with van der Waals surface area (Å²) in [6, 6.07) is 1.96. The van der Waals surface area contributed by atoms with Gasteiger partial charge in [-0.25, -0.2) is 9.97 Å². The Kier molecular flexibility index (Phi) is 5.74. The molecule has 1 aliphatic rings. The Balaban J connectivity index is 1.65. The van der Waals surface area contributed by atoms with E-state index in [0.717, 1.165) is 24.0 Å². The molecule has 100 valence electrons. The minimum atomic E-state index is 0.479. The van der Waals surface area contributed by atoms with E-state index in [1.165, 1.54) is 32.1 Å². The molecule has 1 aromatic rings. The molecule has 0 amide bonds. The van der Waals surface area contributed by atoms with Crippen molar-refractivity contribution < 1.29 is 4.74 Å². The number of ether oxygens (including phenoxy) is 1. The van der Waals surface area contributed by atoms with Gasteiger partial charge in [0.2, 0.25) is 0 Å². The highest BCUT2D eigenvalue weighted by Crippen LogP contribution is 2.20. The quantitative estimate of drug-likeness (QED) is 0.488. The fourth-order valence-corrected chi connectivity index (χ4v) is 2.57. The molecule has 1 aliphatic carbocycles. The second-order valence-electron chi connectivity index (χ2n) is 4.50. The SMILES string of the molecule is CSc1cc(NCCOC2CCCCC2)ncn1. The third-order valence-electron chi connectivity index (χ3n) is 3.17. The molecule has 2 rings (SSSR count). The molecule has 0 unspecified atom stereocenters. The zero-order valence-electron chi connectivity index (χ0n) is 10.9. The monoisotopic (exact) mass is 267 g/mol. The molecule has 0 aliphatic heterocycles. The maximum Gasteiger partial charge on any atom is 0.130 e. The molecule has 0 atom stereocenters. The summed E-state index contributed by atoms with van der Waals surface area (Å²) in [6.07, 6.45) is 10.6. The minimum absolute atomic E-state index is 0.479. The zero-order chi connectivity index (χ0) is 12.6. The molecule has 1 heterocycles. The predicted octanol–water partition coefficient (Wildman–Crippen LogP) is 2.96. The van der Waals surface area contributed by atoms with Crippen LogP contribution in [-0.2, 0) is 4.74 Å². The molecule has 18 heavy (non-hydrogen) atoms. The number of hydrogen-bond donors (Lipinski definition) is 1. The van der Waals surface area contributed by atoms with Crippen LogP contribution in [0.15, 0.2) is 17.4 Å². The van der Waals surface area contributed by atoms with Gasteiger partial charge in [0.25, 0.3) is 0 Å². The molecule has 4 nitrogen and oxygen atoms in total. The third-order valence-corrected chi connectivity index (χ3v) is 3.81. The predicted molar refractivity (Wildman–Crippen MR) is 75.1 cm³/mol. The van der Waals surface area contributed by atoms with Gasteiger partial charge in [0, 0.05) is 12.6 Å². The Morgan fingerprint density at radius 1 is 1.33 bits per heavy atom. The van der Waals surface area contributed by atoms with Crippen LogP contribution in [0.4, 0.5) is 5.82 Å².